The number of rotatable bonds is 5. The fraction of sp³-hybridized carbons (Fsp3) is 0.467. The quantitative estimate of drug-likeness (QED) is 0.811. The number of ether oxygens (including phenoxy) is 2. The lowest BCUT2D eigenvalue weighted by Gasteiger charge is -2.25. The Bertz CT molecular complexity index is 389. The van der Waals surface area contributed by atoms with Crippen LogP contribution >= 0.6 is 0 Å². The molecule has 0 spiro atoms. The summed E-state index contributed by atoms with van der Waals surface area (Å²) in [6.45, 7) is 8.32. The van der Waals surface area contributed by atoms with Crippen molar-refractivity contribution in [2.75, 3.05) is 11.9 Å². The predicted octanol–water partition coefficient (Wildman–Crippen LogP) is 3.19. The van der Waals surface area contributed by atoms with Crippen LogP contribution in [-0.2, 0) is 9.47 Å². The Labute approximate surface area is 109 Å². The molecule has 18 heavy (non-hydrogen) atoms. The molecule has 2 rings (SSSR count). The Hall–Kier alpha value is -1.32. The van der Waals surface area contributed by atoms with Crippen molar-refractivity contribution < 1.29 is 9.47 Å². The maximum Gasteiger partial charge on any atom is 0.163 e. The van der Waals surface area contributed by atoms with Gasteiger partial charge in [-0.2, -0.15) is 0 Å². The Kier molecular flexibility index (Phi) is 4.04. The zero-order valence-corrected chi connectivity index (χ0v) is 11.1. The van der Waals surface area contributed by atoms with Crippen LogP contribution in [0.2, 0.25) is 0 Å². The first kappa shape index (κ1) is 13.1. The molecule has 1 saturated heterocycles. The van der Waals surface area contributed by atoms with Gasteiger partial charge in [0.25, 0.3) is 0 Å². The summed E-state index contributed by atoms with van der Waals surface area (Å²) < 4.78 is 11.5. The van der Waals surface area contributed by atoms with E-state index in [9.17, 15) is 0 Å². The summed E-state index contributed by atoms with van der Waals surface area (Å²) in [6.07, 6.45) is 2.81. The minimum atomic E-state index is -0.484. The standard InChI is InChI=1S/C15H21NO2/c1-4-8-13(14-11-17-15(2,3)18-14)16-12-9-6-5-7-10-12/h4-7,9-10,13-14,16H,1,8,11H2,2-3H3. The van der Waals surface area contributed by atoms with Gasteiger partial charge in [0.15, 0.2) is 5.79 Å². The van der Waals surface area contributed by atoms with Gasteiger partial charge in [-0.25, -0.2) is 0 Å². The molecule has 0 aromatic heterocycles. The largest absolute Gasteiger partial charge is 0.379 e. The third kappa shape index (κ3) is 3.34. The molecule has 3 heteroatoms. The van der Waals surface area contributed by atoms with Crippen LogP contribution in [0.5, 0.6) is 0 Å². The van der Waals surface area contributed by atoms with Crippen molar-refractivity contribution in [2.24, 2.45) is 0 Å². The summed E-state index contributed by atoms with van der Waals surface area (Å²) in [5, 5.41) is 3.48. The molecule has 2 atom stereocenters. The molecule has 1 aromatic carbocycles. The third-order valence-electron chi connectivity index (χ3n) is 3.03. The fourth-order valence-electron chi connectivity index (χ4n) is 2.15. The molecule has 0 amide bonds. The maximum atomic E-state index is 5.90. The van der Waals surface area contributed by atoms with Crippen LogP contribution in [0.1, 0.15) is 20.3 Å². The van der Waals surface area contributed by atoms with E-state index in [0.29, 0.717) is 6.61 Å². The molecule has 98 valence electrons. The van der Waals surface area contributed by atoms with Gasteiger partial charge in [0.2, 0.25) is 0 Å². The van der Waals surface area contributed by atoms with Crippen LogP contribution in [0, 0.1) is 0 Å². The normalized spacial score (nSPS) is 23.6. The second-order valence-corrected chi connectivity index (χ2v) is 5.01. The van der Waals surface area contributed by atoms with Crippen LogP contribution in [0.3, 0.4) is 0 Å². The van der Waals surface area contributed by atoms with Gasteiger partial charge in [0.05, 0.1) is 12.6 Å². The van der Waals surface area contributed by atoms with Gasteiger partial charge in [0, 0.05) is 5.69 Å². The molecule has 1 N–H and O–H groups in total. The van der Waals surface area contributed by atoms with E-state index in [1.165, 1.54) is 0 Å². The van der Waals surface area contributed by atoms with Crippen molar-refractivity contribution in [1.29, 1.82) is 0 Å². The molecular weight excluding hydrogens is 226 g/mol. The summed E-state index contributed by atoms with van der Waals surface area (Å²) >= 11 is 0. The highest BCUT2D eigenvalue weighted by Crippen LogP contribution is 2.26. The van der Waals surface area contributed by atoms with Gasteiger partial charge in [0.1, 0.15) is 6.10 Å². The van der Waals surface area contributed by atoms with Crippen LogP contribution in [-0.4, -0.2) is 24.5 Å². The Morgan fingerprint density at radius 1 is 1.44 bits per heavy atom. The molecule has 0 radical (unpaired) electrons. The molecular formula is C15H21NO2. The number of nitrogens with one attached hydrogen (secondary N) is 1. The molecule has 2 unspecified atom stereocenters. The average Bonchev–Trinajstić information content (AvgIpc) is 2.70. The average molecular weight is 247 g/mol. The molecule has 1 aliphatic rings. The monoisotopic (exact) mass is 247 g/mol. The van der Waals surface area contributed by atoms with Gasteiger partial charge in [-0.1, -0.05) is 24.3 Å². The van der Waals surface area contributed by atoms with Crippen molar-refractivity contribution in [1.82, 2.24) is 0 Å². The zero-order chi connectivity index (χ0) is 13.0. The number of para-hydroxylation sites is 1. The van der Waals surface area contributed by atoms with Crippen LogP contribution in [0.15, 0.2) is 43.0 Å². The molecule has 0 saturated carbocycles. The second kappa shape index (κ2) is 5.55. The first-order valence-electron chi connectivity index (χ1n) is 6.35. The molecule has 1 aliphatic heterocycles. The fourth-order valence-corrected chi connectivity index (χ4v) is 2.15. The number of hydrogen-bond acceptors (Lipinski definition) is 3. The lowest BCUT2D eigenvalue weighted by atomic mass is 10.1. The lowest BCUT2D eigenvalue weighted by Crippen LogP contribution is -2.36. The molecule has 0 aliphatic carbocycles. The SMILES string of the molecule is C=CCC(Nc1ccccc1)C1COC(C)(C)O1. The summed E-state index contributed by atoms with van der Waals surface area (Å²) in [5.41, 5.74) is 1.10. The first-order chi connectivity index (χ1) is 8.61. The third-order valence-corrected chi connectivity index (χ3v) is 3.03. The highest BCUT2D eigenvalue weighted by Gasteiger charge is 2.36. The Morgan fingerprint density at radius 2 is 2.17 bits per heavy atom. The van der Waals surface area contributed by atoms with Crippen LogP contribution < -0.4 is 5.32 Å². The van der Waals surface area contributed by atoms with Crippen molar-refractivity contribution in [2.45, 2.75) is 38.2 Å². The highest BCUT2D eigenvalue weighted by atomic mass is 16.7. The summed E-state index contributed by atoms with van der Waals surface area (Å²) in [6, 6.07) is 10.3. The van der Waals surface area contributed by atoms with Gasteiger partial charge in [-0.15, -0.1) is 6.58 Å². The minimum Gasteiger partial charge on any atom is -0.379 e. The topological polar surface area (TPSA) is 30.5 Å². The van der Waals surface area contributed by atoms with Crippen molar-refractivity contribution in [3.8, 4) is 0 Å². The zero-order valence-electron chi connectivity index (χ0n) is 11.1. The summed E-state index contributed by atoms with van der Waals surface area (Å²) in [7, 11) is 0. The first-order valence-corrected chi connectivity index (χ1v) is 6.35. The van der Waals surface area contributed by atoms with Gasteiger partial charge in [-0.3, -0.25) is 0 Å². The van der Waals surface area contributed by atoms with Crippen LogP contribution in [0.25, 0.3) is 0 Å². The van der Waals surface area contributed by atoms with Crippen LogP contribution in [0.4, 0.5) is 5.69 Å². The minimum absolute atomic E-state index is 0.0539. The van der Waals surface area contributed by atoms with E-state index < -0.39 is 5.79 Å². The van der Waals surface area contributed by atoms with E-state index >= 15 is 0 Å². The summed E-state index contributed by atoms with van der Waals surface area (Å²) in [4.78, 5) is 0. The van der Waals surface area contributed by atoms with Gasteiger partial charge in [-0.05, 0) is 32.4 Å². The molecule has 3 nitrogen and oxygen atoms in total. The van der Waals surface area contributed by atoms with E-state index in [4.69, 9.17) is 9.47 Å². The van der Waals surface area contributed by atoms with Gasteiger partial charge >= 0.3 is 0 Å². The second-order valence-electron chi connectivity index (χ2n) is 5.01. The van der Waals surface area contributed by atoms with E-state index in [-0.39, 0.29) is 12.1 Å². The maximum absolute atomic E-state index is 5.90. The Balaban J connectivity index is 2.02. The number of hydrogen-bond donors (Lipinski definition) is 1. The van der Waals surface area contributed by atoms with Crippen molar-refractivity contribution in [3.63, 3.8) is 0 Å². The van der Waals surface area contributed by atoms with E-state index in [1.54, 1.807) is 0 Å². The van der Waals surface area contributed by atoms with Crippen molar-refractivity contribution in [3.05, 3.63) is 43.0 Å². The highest BCUT2D eigenvalue weighted by molar-refractivity contribution is 5.43. The summed E-state index contributed by atoms with van der Waals surface area (Å²) in [5.74, 6) is -0.484. The molecule has 0 bridgehead atoms. The van der Waals surface area contributed by atoms with E-state index in [0.717, 1.165) is 12.1 Å². The molecule has 1 aromatic rings. The number of anilines is 1. The van der Waals surface area contributed by atoms with Crippen molar-refractivity contribution >= 4 is 5.69 Å². The molecule has 1 fully saturated rings. The van der Waals surface area contributed by atoms with Gasteiger partial charge < -0.3 is 14.8 Å². The predicted molar refractivity (Wildman–Crippen MR) is 73.6 cm³/mol. The lowest BCUT2D eigenvalue weighted by molar-refractivity contribution is -0.139. The Morgan fingerprint density at radius 3 is 2.72 bits per heavy atom. The molecule has 1 heterocycles. The number of benzene rings is 1. The van der Waals surface area contributed by atoms with E-state index in [1.807, 2.05) is 38.1 Å². The van der Waals surface area contributed by atoms with E-state index in [2.05, 4.69) is 24.0 Å². The smallest absolute Gasteiger partial charge is 0.163 e.